The fourth-order valence-corrected chi connectivity index (χ4v) is 4.97. The van der Waals surface area contributed by atoms with E-state index in [1.807, 2.05) is 17.5 Å². The van der Waals surface area contributed by atoms with Gasteiger partial charge in [0.15, 0.2) is 0 Å². The van der Waals surface area contributed by atoms with Gasteiger partial charge in [0, 0.05) is 23.0 Å². The first-order valence-electron chi connectivity index (χ1n) is 8.89. The van der Waals surface area contributed by atoms with Crippen molar-refractivity contribution in [3.8, 4) is 0 Å². The number of nitrogens with one attached hydrogen (secondary N) is 2. The molecule has 2 N–H and O–H groups in total. The van der Waals surface area contributed by atoms with Crippen LogP contribution in [0.1, 0.15) is 47.8 Å². The van der Waals surface area contributed by atoms with Crippen LogP contribution < -0.4 is 10.0 Å². The Morgan fingerprint density at radius 2 is 1.88 bits per heavy atom. The highest BCUT2D eigenvalue weighted by Crippen LogP contribution is 2.24. The van der Waals surface area contributed by atoms with Crippen LogP contribution in [-0.4, -0.2) is 20.4 Å². The van der Waals surface area contributed by atoms with Gasteiger partial charge in [0.1, 0.15) is 0 Å². The molecule has 2 aromatic rings. The first kappa shape index (κ1) is 19.1. The molecule has 140 valence electrons. The van der Waals surface area contributed by atoms with E-state index in [4.69, 9.17) is 0 Å². The van der Waals surface area contributed by atoms with Crippen LogP contribution in [0, 0.1) is 5.92 Å². The molecule has 0 aliphatic heterocycles. The van der Waals surface area contributed by atoms with E-state index in [9.17, 15) is 13.2 Å². The predicted octanol–water partition coefficient (Wildman–Crippen LogP) is 3.54. The van der Waals surface area contributed by atoms with Gasteiger partial charge in [-0.05, 0) is 54.5 Å². The second kappa shape index (κ2) is 8.33. The zero-order valence-corrected chi connectivity index (χ0v) is 16.4. The number of rotatable bonds is 6. The number of amides is 1. The summed E-state index contributed by atoms with van der Waals surface area (Å²) in [5, 5.41) is 4.99. The highest BCUT2D eigenvalue weighted by atomic mass is 32.2. The fourth-order valence-electron chi connectivity index (χ4n) is 3.23. The fraction of sp³-hybridized carbons (Fsp3) is 0.421. The number of carbonyl (C=O) groups is 1. The van der Waals surface area contributed by atoms with Crippen LogP contribution in [0.3, 0.4) is 0 Å². The zero-order valence-electron chi connectivity index (χ0n) is 14.8. The topological polar surface area (TPSA) is 75.3 Å². The smallest absolute Gasteiger partial charge is 0.251 e. The van der Waals surface area contributed by atoms with Crippen LogP contribution in [0.2, 0.25) is 0 Å². The Balaban J connectivity index is 1.62. The normalized spacial score (nSPS) is 20.7. The Labute approximate surface area is 158 Å². The molecule has 1 amide bonds. The Kier molecular flexibility index (Phi) is 6.11. The Bertz CT molecular complexity index is 830. The monoisotopic (exact) mass is 392 g/mol. The van der Waals surface area contributed by atoms with E-state index in [1.165, 1.54) is 29.9 Å². The standard InChI is InChI=1S/C19H24N2O3S2/c1-14-5-2-3-7-18(14)21-19(22)15-8-10-17(11-9-15)26(23,24)20-13-16-6-4-12-25-16/h4,6,8-12,14,18,20H,2-3,5,7,13H2,1H3,(H,21,22)/t14-,18-/m1/s1. The van der Waals surface area contributed by atoms with E-state index in [0.29, 0.717) is 11.5 Å². The third-order valence-corrected chi connectivity index (χ3v) is 7.16. The lowest BCUT2D eigenvalue weighted by Crippen LogP contribution is -2.41. The van der Waals surface area contributed by atoms with Crippen molar-refractivity contribution >= 4 is 27.3 Å². The largest absolute Gasteiger partial charge is 0.349 e. The summed E-state index contributed by atoms with van der Waals surface area (Å²) in [5.41, 5.74) is 0.486. The number of hydrogen-bond acceptors (Lipinski definition) is 4. The molecule has 5 nitrogen and oxygen atoms in total. The molecule has 2 atom stereocenters. The van der Waals surface area contributed by atoms with Gasteiger partial charge in [0.2, 0.25) is 10.0 Å². The van der Waals surface area contributed by atoms with Gasteiger partial charge in [-0.2, -0.15) is 0 Å². The Hall–Kier alpha value is -1.70. The number of thiophene rings is 1. The minimum Gasteiger partial charge on any atom is -0.349 e. The van der Waals surface area contributed by atoms with E-state index in [0.717, 1.165) is 24.1 Å². The number of sulfonamides is 1. The molecule has 1 saturated carbocycles. The SMILES string of the molecule is C[C@@H]1CCCC[C@H]1NC(=O)c1ccc(S(=O)(=O)NCc2cccs2)cc1. The molecule has 1 fully saturated rings. The average Bonchev–Trinajstić information content (AvgIpc) is 3.16. The van der Waals surface area contributed by atoms with Gasteiger partial charge in [-0.25, -0.2) is 13.1 Å². The van der Waals surface area contributed by atoms with E-state index >= 15 is 0 Å². The molecule has 0 bridgehead atoms. The summed E-state index contributed by atoms with van der Waals surface area (Å²) in [7, 11) is -3.59. The first-order valence-corrected chi connectivity index (χ1v) is 11.2. The highest BCUT2D eigenvalue weighted by molar-refractivity contribution is 7.89. The van der Waals surface area contributed by atoms with Crippen LogP contribution >= 0.6 is 11.3 Å². The van der Waals surface area contributed by atoms with E-state index in [-0.39, 0.29) is 23.4 Å². The van der Waals surface area contributed by atoms with Crippen molar-refractivity contribution in [3.63, 3.8) is 0 Å². The van der Waals surface area contributed by atoms with Crippen LogP contribution in [-0.2, 0) is 16.6 Å². The van der Waals surface area contributed by atoms with Crippen molar-refractivity contribution < 1.29 is 13.2 Å². The van der Waals surface area contributed by atoms with Crippen LogP contribution in [0.15, 0.2) is 46.7 Å². The van der Waals surface area contributed by atoms with Crippen LogP contribution in [0.5, 0.6) is 0 Å². The van der Waals surface area contributed by atoms with Gasteiger partial charge in [0.05, 0.1) is 4.90 Å². The maximum absolute atomic E-state index is 12.4. The van der Waals surface area contributed by atoms with Gasteiger partial charge in [-0.1, -0.05) is 25.8 Å². The third-order valence-electron chi connectivity index (χ3n) is 4.87. The zero-order chi connectivity index (χ0) is 18.6. The maximum atomic E-state index is 12.4. The number of hydrogen-bond donors (Lipinski definition) is 2. The summed E-state index contributed by atoms with van der Waals surface area (Å²) in [4.78, 5) is 13.5. The van der Waals surface area contributed by atoms with E-state index < -0.39 is 10.0 Å². The Morgan fingerprint density at radius 1 is 1.15 bits per heavy atom. The van der Waals surface area contributed by atoms with Crippen molar-refractivity contribution in [3.05, 3.63) is 52.2 Å². The second-order valence-electron chi connectivity index (χ2n) is 6.77. The molecule has 1 aromatic carbocycles. The van der Waals surface area contributed by atoms with Gasteiger partial charge >= 0.3 is 0 Å². The third kappa shape index (κ3) is 4.72. The molecule has 7 heteroatoms. The molecule has 0 unspecified atom stereocenters. The molecule has 0 spiro atoms. The second-order valence-corrected chi connectivity index (χ2v) is 9.57. The van der Waals surface area contributed by atoms with E-state index in [1.54, 1.807) is 12.1 Å². The number of benzene rings is 1. The summed E-state index contributed by atoms with van der Waals surface area (Å²) in [5.74, 6) is 0.341. The van der Waals surface area contributed by atoms with Crippen molar-refractivity contribution in [2.24, 2.45) is 5.92 Å². The van der Waals surface area contributed by atoms with Crippen molar-refractivity contribution in [2.75, 3.05) is 0 Å². The molecule has 1 aliphatic carbocycles. The summed E-state index contributed by atoms with van der Waals surface area (Å²) in [6.07, 6.45) is 4.50. The predicted molar refractivity (Wildman–Crippen MR) is 104 cm³/mol. The van der Waals surface area contributed by atoms with Gasteiger partial charge in [0.25, 0.3) is 5.91 Å². The summed E-state index contributed by atoms with van der Waals surface area (Å²) in [6.45, 7) is 2.43. The maximum Gasteiger partial charge on any atom is 0.251 e. The van der Waals surface area contributed by atoms with Gasteiger partial charge < -0.3 is 5.32 Å². The van der Waals surface area contributed by atoms with Gasteiger partial charge in [-0.15, -0.1) is 11.3 Å². The molecular formula is C19H24N2O3S2. The number of carbonyl (C=O) groups excluding carboxylic acids is 1. The lowest BCUT2D eigenvalue weighted by atomic mass is 9.86. The molecule has 0 saturated heterocycles. The summed E-state index contributed by atoms with van der Waals surface area (Å²) >= 11 is 1.50. The minimum absolute atomic E-state index is 0.140. The molecule has 1 heterocycles. The van der Waals surface area contributed by atoms with Crippen molar-refractivity contribution in [1.82, 2.24) is 10.0 Å². The summed E-state index contributed by atoms with van der Waals surface area (Å²) in [6, 6.07) is 10.1. The lowest BCUT2D eigenvalue weighted by Gasteiger charge is -2.29. The molecule has 1 aliphatic rings. The first-order chi connectivity index (χ1) is 12.5. The quantitative estimate of drug-likeness (QED) is 0.790. The molecular weight excluding hydrogens is 368 g/mol. The molecule has 0 radical (unpaired) electrons. The average molecular weight is 393 g/mol. The molecule has 3 rings (SSSR count). The van der Waals surface area contributed by atoms with Crippen LogP contribution in [0.4, 0.5) is 0 Å². The highest BCUT2D eigenvalue weighted by Gasteiger charge is 2.23. The van der Waals surface area contributed by atoms with Gasteiger partial charge in [-0.3, -0.25) is 4.79 Å². The molecule has 26 heavy (non-hydrogen) atoms. The minimum atomic E-state index is -3.59. The lowest BCUT2D eigenvalue weighted by molar-refractivity contribution is 0.0910. The van der Waals surface area contributed by atoms with Crippen molar-refractivity contribution in [1.29, 1.82) is 0 Å². The summed E-state index contributed by atoms with van der Waals surface area (Å²) < 4.78 is 27.3. The van der Waals surface area contributed by atoms with Crippen LogP contribution in [0.25, 0.3) is 0 Å². The van der Waals surface area contributed by atoms with E-state index in [2.05, 4.69) is 17.0 Å². The Morgan fingerprint density at radius 3 is 2.54 bits per heavy atom. The van der Waals surface area contributed by atoms with Crippen molar-refractivity contribution in [2.45, 2.75) is 50.1 Å². The molecule has 1 aromatic heterocycles.